The minimum atomic E-state index is -0.0205. The minimum absolute atomic E-state index is 0.0205. The summed E-state index contributed by atoms with van der Waals surface area (Å²) < 4.78 is 0. The second-order valence-electron chi connectivity index (χ2n) is 7.75. The van der Waals surface area contributed by atoms with Crippen LogP contribution in [0.25, 0.3) is 0 Å². The number of amides is 2. The van der Waals surface area contributed by atoms with Crippen molar-refractivity contribution in [1.29, 1.82) is 0 Å². The lowest BCUT2D eigenvalue weighted by Crippen LogP contribution is -2.56. The van der Waals surface area contributed by atoms with Gasteiger partial charge < -0.3 is 10.2 Å². The zero-order valence-corrected chi connectivity index (χ0v) is 16.3. The average molecular weight is 352 g/mol. The smallest absolute Gasteiger partial charge is 0.237 e. The highest BCUT2D eigenvalue weighted by molar-refractivity contribution is 5.82. The van der Waals surface area contributed by atoms with Gasteiger partial charge in [-0.3, -0.25) is 14.5 Å². The van der Waals surface area contributed by atoms with E-state index in [1.807, 2.05) is 4.90 Å². The fourth-order valence-corrected chi connectivity index (χ4v) is 4.14. The predicted octanol–water partition coefficient (Wildman–Crippen LogP) is 2.94. The van der Waals surface area contributed by atoms with Crippen LogP contribution in [-0.4, -0.2) is 59.9 Å². The second-order valence-corrected chi connectivity index (χ2v) is 7.75. The van der Waals surface area contributed by atoms with E-state index in [1.165, 1.54) is 38.5 Å². The number of carbonyl (C=O) groups is 2. The van der Waals surface area contributed by atoms with Crippen LogP contribution in [0.1, 0.15) is 78.1 Å². The number of hydrogen-bond donors (Lipinski definition) is 1. The van der Waals surface area contributed by atoms with Gasteiger partial charge in [0.15, 0.2) is 0 Å². The van der Waals surface area contributed by atoms with Crippen molar-refractivity contribution in [2.45, 2.75) is 90.1 Å². The molecule has 0 aromatic heterocycles. The first-order valence-corrected chi connectivity index (χ1v) is 10.4. The molecule has 0 aromatic rings. The van der Waals surface area contributed by atoms with Crippen LogP contribution in [0.2, 0.25) is 0 Å². The molecule has 1 atom stereocenters. The molecule has 144 valence electrons. The molecule has 1 aliphatic carbocycles. The van der Waals surface area contributed by atoms with Crippen molar-refractivity contribution in [2.75, 3.05) is 26.2 Å². The number of nitrogens with one attached hydrogen (secondary N) is 1. The molecule has 1 N–H and O–H groups in total. The first-order valence-electron chi connectivity index (χ1n) is 10.4. The van der Waals surface area contributed by atoms with E-state index in [0.29, 0.717) is 6.04 Å². The first kappa shape index (κ1) is 20.2. The summed E-state index contributed by atoms with van der Waals surface area (Å²) in [5.41, 5.74) is 0. The maximum atomic E-state index is 13.0. The number of carbonyl (C=O) groups excluding carboxylic acids is 2. The van der Waals surface area contributed by atoms with Crippen LogP contribution in [0.5, 0.6) is 0 Å². The molecule has 1 saturated heterocycles. The number of piperazine rings is 1. The SMILES string of the molecule is CCCCCCC(C(=O)NC1CCCCC1)N1CCN(C(C)=O)CC1. The summed E-state index contributed by atoms with van der Waals surface area (Å²) in [4.78, 5) is 28.7. The number of unbranched alkanes of at least 4 members (excludes halogenated alkanes) is 3. The van der Waals surface area contributed by atoms with Gasteiger partial charge in [-0.25, -0.2) is 0 Å². The molecule has 2 amide bonds. The zero-order valence-electron chi connectivity index (χ0n) is 16.3. The maximum absolute atomic E-state index is 13.0. The highest BCUT2D eigenvalue weighted by Crippen LogP contribution is 2.19. The summed E-state index contributed by atoms with van der Waals surface area (Å²) in [6.45, 7) is 6.98. The van der Waals surface area contributed by atoms with Gasteiger partial charge in [0.25, 0.3) is 0 Å². The Balaban J connectivity index is 1.89. The van der Waals surface area contributed by atoms with E-state index in [2.05, 4.69) is 17.1 Å². The van der Waals surface area contributed by atoms with Crippen LogP contribution in [0.15, 0.2) is 0 Å². The lowest BCUT2D eigenvalue weighted by atomic mass is 9.95. The van der Waals surface area contributed by atoms with Crippen LogP contribution >= 0.6 is 0 Å². The Kier molecular flexibility index (Phi) is 8.73. The molecule has 2 fully saturated rings. The molecule has 2 aliphatic rings. The zero-order chi connectivity index (χ0) is 18.1. The quantitative estimate of drug-likeness (QED) is 0.684. The van der Waals surface area contributed by atoms with Crippen LogP contribution in [0.4, 0.5) is 0 Å². The normalized spacial score (nSPS) is 21.1. The van der Waals surface area contributed by atoms with E-state index < -0.39 is 0 Å². The Bertz CT molecular complexity index is 413. The van der Waals surface area contributed by atoms with Crippen molar-refractivity contribution < 1.29 is 9.59 Å². The van der Waals surface area contributed by atoms with Gasteiger partial charge in [0.05, 0.1) is 6.04 Å². The third kappa shape index (κ3) is 6.61. The van der Waals surface area contributed by atoms with Gasteiger partial charge in [-0.1, -0.05) is 51.9 Å². The molecule has 1 heterocycles. The highest BCUT2D eigenvalue weighted by atomic mass is 16.2. The molecule has 0 spiro atoms. The van der Waals surface area contributed by atoms with Gasteiger partial charge in [0, 0.05) is 39.1 Å². The molecular formula is C20H37N3O2. The maximum Gasteiger partial charge on any atom is 0.237 e. The highest BCUT2D eigenvalue weighted by Gasteiger charge is 2.30. The summed E-state index contributed by atoms with van der Waals surface area (Å²) in [7, 11) is 0. The van der Waals surface area contributed by atoms with Crippen LogP contribution in [0, 0.1) is 0 Å². The van der Waals surface area contributed by atoms with Crippen molar-refractivity contribution in [3.8, 4) is 0 Å². The third-order valence-corrected chi connectivity index (χ3v) is 5.79. The van der Waals surface area contributed by atoms with Gasteiger partial charge >= 0.3 is 0 Å². The Labute approximate surface area is 153 Å². The molecular weight excluding hydrogens is 314 g/mol. The van der Waals surface area contributed by atoms with E-state index in [-0.39, 0.29) is 17.9 Å². The summed E-state index contributed by atoms with van der Waals surface area (Å²) in [5.74, 6) is 0.366. The van der Waals surface area contributed by atoms with E-state index >= 15 is 0 Å². The van der Waals surface area contributed by atoms with Gasteiger partial charge in [0.1, 0.15) is 0 Å². The molecule has 5 heteroatoms. The number of rotatable bonds is 8. The topological polar surface area (TPSA) is 52.7 Å². The number of hydrogen-bond acceptors (Lipinski definition) is 3. The predicted molar refractivity (Wildman–Crippen MR) is 101 cm³/mol. The van der Waals surface area contributed by atoms with Gasteiger partial charge in [0.2, 0.25) is 11.8 Å². The second kappa shape index (κ2) is 10.8. The van der Waals surface area contributed by atoms with Crippen LogP contribution in [-0.2, 0) is 9.59 Å². The fourth-order valence-electron chi connectivity index (χ4n) is 4.14. The average Bonchev–Trinajstić information content (AvgIpc) is 2.62. The molecule has 1 saturated carbocycles. The van der Waals surface area contributed by atoms with Crippen LogP contribution in [0.3, 0.4) is 0 Å². The molecule has 1 aliphatic heterocycles. The minimum Gasteiger partial charge on any atom is -0.352 e. The molecule has 0 aromatic carbocycles. The van der Waals surface area contributed by atoms with E-state index in [4.69, 9.17) is 0 Å². The van der Waals surface area contributed by atoms with E-state index in [1.54, 1.807) is 6.92 Å². The van der Waals surface area contributed by atoms with Crippen LogP contribution < -0.4 is 5.32 Å². The summed E-state index contributed by atoms with van der Waals surface area (Å²) >= 11 is 0. The van der Waals surface area contributed by atoms with Gasteiger partial charge in [-0.2, -0.15) is 0 Å². The van der Waals surface area contributed by atoms with Crippen molar-refractivity contribution in [3.63, 3.8) is 0 Å². The standard InChI is InChI=1S/C20H37N3O2/c1-3-4-5-9-12-19(20(25)21-18-10-7-6-8-11-18)23-15-13-22(14-16-23)17(2)24/h18-19H,3-16H2,1-2H3,(H,21,25). The third-order valence-electron chi connectivity index (χ3n) is 5.79. The molecule has 0 radical (unpaired) electrons. The molecule has 5 nitrogen and oxygen atoms in total. The fraction of sp³-hybridized carbons (Fsp3) is 0.900. The first-order chi connectivity index (χ1) is 12.1. The largest absolute Gasteiger partial charge is 0.352 e. The Morgan fingerprint density at radius 1 is 1.00 bits per heavy atom. The van der Waals surface area contributed by atoms with Crippen molar-refractivity contribution >= 4 is 11.8 Å². The number of nitrogens with zero attached hydrogens (tertiary/aromatic N) is 2. The molecule has 25 heavy (non-hydrogen) atoms. The van der Waals surface area contributed by atoms with E-state index in [9.17, 15) is 9.59 Å². The Morgan fingerprint density at radius 2 is 1.68 bits per heavy atom. The summed E-state index contributed by atoms with van der Waals surface area (Å²) in [5, 5.41) is 3.33. The van der Waals surface area contributed by atoms with Crippen molar-refractivity contribution in [3.05, 3.63) is 0 Å². The van der Waals surface area contributed by atoms with E-state index in [0.717, 1.165) is 51.9 Å². The lowest BCUT2D eigenvalue weighted by molar-refractivity contribution is -0.133. The summed E-state index contributed by atoms with van der Waals surface area (Å²) in [6, 6.07) is 0.353. The summed E-state index contributed by atoms with van der Waals surface area (Å²) in [6.07, 6.45) is 11.8. The van der Waals surface area contributed by atoms with Gasteiger partial charge in [-0.15, -0.1) is 0 Å². The molecule has 1 unspecified atom stereocenters. The lowest BCUT2D eigenvalue weighted by Gasteiger charge is -2.39. The van der Waals surface area contributed by atoms with Crippen molar-refractivity contribution in [2.24, 2.45) is 0 Å². The monoisotopic (exact) mass is 351 g/mol. The Hall–Kier alpha value is -1.10. The molecule has 2 rings (SSSR count). The molecule has 0 bridgehead atoms. The van der Waals surface area contributed by atoms with Gasteiger partial charge in [-0.05, 0) is 19.3 Å². The van der Waals surface area contributed by atoms with Crippen molar-refractivity contribution in [1.82, 2.24) is 15.1 Å². The Morgan fingerprint density at radius 3 is 2.28 bits per heavy atom.